The van der Waals surface area contributed by atoms with Gasteiger partial charge < -0.3 is 10.6 Å². The van der Waals surface area contributed by atoms with Gasteiger partial charge in [0.25, 0.3) is 5.91 Å². The molecule has 1 aliphatic heterocycles. The number of aromatic nitrogens is 2. The Morgan fingerprint density at radius 1 is 1.28 bits per heavy atom. The third-order valence-corrected chi connectivity index (χ3v) is 3.07. The Balaban J connectivity index is 1.81. The van der Waals surface area contributed by atoms with Crippen molar-refractivity contribution in [2.75, 3.05) is 11.9 Å². The van der Waals surface area contributed by atoms with Crippen molar-refractivity contribution in [3.05, 3.63) is 47.2 Å². The van der Waals surface area contributed by atoms with E-state index in [0.29, 0.717) is 11.4 Å². The predicted octanol–water partition coefficient (Wildman–Crippen LogP) is 1.31. The van der Waals surface area contributed by atoms with Crippen molar-refractivity contribution in [1.82, 2.24) is 15.5 Å². The van der Waals surface area contributed by atoms with Crippen LogP contribution in [0.25, 0.3) is 0 Å². The first-order valence-electron chi connectivity index (χ1n) is 5.98. The van der Waals surface area contributed by atoms with Crippen LogP contribution in [-0.2, 0) is 13.0 Å². The molecule has 2 aromatic rings. The van der Waals surface area contributed by atoms with Crippen molar-refractivity contribution in [3.63, 3.8) is 0 Å². The smallest absolute Gasteiger partial charge is 0.256 e. The first-order valence-corrected chi connectivity index (χ1v) is 5.98. The summed E-state index contributed by atoms with van der Waals surface area (Å²) in [4.78, 5) is 12.0. The lowest BCUT2D eigenvalue weighted by molar-refractivity contribution is 0.102. The van der Waals surface area contributed by atoms with Crippen LogP contribution in [0.5, 0.6) is 0 Å². The SMILES string of the molecule is O=C(Nc1n[nH]c2c1CCNC2)c1ccccc1. The molecule has 0 unspecified atom stereocenters. The molecule has 0 spiro atoms. The van der Waals surface area contributed by atoms with E-state index in [1.165, 1.54) is 0 Å². The van der Waals surface area contributed by atoms with Crippen LogP contribution in [0, 0.1) is 0 Å². The maximum absolute atomic E-state index is 12.0. The van der Waals surface area contributed by atoms with Gasteiger partial charge in [-0.1, -0.05) is 18.2 Å². The largest absolute Gasteiger partial charge is 0.311 e. The van der Waals surface area contributed by atoms with Crippen molar-refractivity contribution in [1.29, 1.82) is 0 Å². The zero-order chi connectivity index (χ0) is 12.4. The number of hydrogen-bond acceptors (Lipinski definition) is 3. The number of aromatic amines is 1. The lowest BCUT2D eigenvalue weighted by atomic mass is 10.1. The average molecular weight is 242 g/mol. The second kappa shape index (κ2) is 4.62. The Hall–Kier alpha value is -2.14. The number of benzene rings is 1. The van der Waals surface area contributed by atoms with Gasteiger partial charge in [0.15, 0.2) is 5.82 Å². The minimum Gasteiger partial charge on any atom is -0.311 e. The van der Waals surface area contributed by atoms with Gasteiger partial charge in [-0.15, -0.1) is 0 Å². The molecule has 18 heavy (non-hydrogen) atoms. The zero-order valence-corrected chi connectivity index (χ0v) is 9.86. The van der Waals surface area contributed by atoms with Gasteiger partial charge in [0.1, 0.15) is 0 Å². The number of carbonyl (C=O) groups is 1. The molecule has 5 heteroatoms. The minimum atomic E-state index is -0.122. The molecule has 1 aromatic heterocycles. The molecule has 0 saturated heterocycles. The molecule has 0 atom stereocenters. The van der Waals surface area contributed by atoms with Crippen LogP contribution in [0.4, 0.5) is 5.82 Å². The van der Waals surface area contributed by atoms with E-state index in [4.69, 9.17) is 0 Å². The number of anilines is 1. The molecule has 0 bridgehead atoms. The highest BCUT2D eigenvalue weighted by molar-refractivity contribution is 6.04. The predicted molar refractivity (Wildman–Crippen MR) is 68.4 cm³/mol. The van der Waals surface area contributed by atoms with Crippen molar-refractivity contribution >= 4 is 11.7 Å². The minimum absolute atomic E-state index is 0.122. The van der Waals surface area contributed by atoms with E-state index < -0.39 is 0 Å². The second-order valence-corrected chi connectivity index (χ2v) is 4.28. The van der Waals surface area contributed by atoms with Crippen LogP contribution >= 0.6 is 0 Å². The lowest BCUT2D eigenvalue weighted by Crippen LogP contribution is -2.24. The molecule has 1 amide bonds. The van der Waals surface area contributed by atoms with Gasteiger partial charge in [-0.3, -0.25) is 9.89 Å². The first kappa shape index (κ1) is 11.0. The number of hydrogen-bond donors (Lipinski definition) is 3. The third kappa shape index (κ3) is 2.00. The van der Waals surface area contributed by atoms with Crippen LogP contribution in [-0.4, -0.2) is 22.6 Å². The van der Waals surface area contributed by atoms with Crippen molar-refractivity contribution in [2.24, 2.45) is 0 Å². The maximum Gasteiger partial charge on any atom is 0.256 e. The fraction of sp³-hybridized carbons (Fsp3) is 0.231. The quantitative estimate of drug-likeness (QED) is 0.743. The summed E-state index contributed by atoms with van der Waals surface area (Å²) in [6, 6.07) is 9.16. The Bertz CT molecular complexity index is 562. The molecule has 92 valence electrons. The lowest BCUT2D eigenvalue weighted by Gasteiger charge is -2.13. The van der Waals surface area contributed by atoms with Gasteiger partial charge in [-0.2, -0.15) is 5.10 Å². The molecular weight excluding hydrogens is 228 g/mol. The van der Waals surface area contributed by atoms with E-state index in [2.05, 4.69) is 20.8 Å². The fourth-order valence-corrected chi connectivity index (χ4v) is 2.12. The molecule has 2 heterocycles. The third-order valence-electron chi connectivity index (χ3n) is 3.07. The standard InChI is InChI=1S/C13H14N4O/c18-13(9-4-2-1-3-5-9)15-12-10-6-7-14-8-11(10)16-17-12/h1-5,14H,6-8H2,(H2,15,16,17,18). The summed E-state index contributed by atoms with van der Waals surface area (Å²) in [5, 5.41) is 13.2. The number of nitrogens with zero attached hydrogens (tertiary/aromatic N) is 1. The number of carbonyl (C=O) groups excluding carboxylic acids is 1. The van der Waals surface area contributed by atoms with Gasteiger partial charge in [-0.25, -0.2) is 0 Å². The molecular formula is C13H14N4O. The Kier molecular flexibility index (Phi) is 2.82. The van der Waals surface area contributed by atoms with E-state index in [0.717, 1.165) is 30.8 Å². The topological polar surface area (TPSA) is 69.8 Å². The Morgan fingerprint density at radius 2 is 2.11 bits per heavy atom. The van der Waals surface area contributed by atoms with E-state index in [1.807, 2.05) is 18.2 Å². The highest BCUT2D eigenvalue weighted by Gasteiger charge is 2.18. The van der Waals surface area contributed by atoms with Gasteiger partial charge in [-0.05, 0) is 25.1 Å². The number of amides is 1. The summed E-state index contributed by atoms with van der Waals surface area (Å²) >= 11 is 0. The van der Waals surface area contributed by atoms with Crippen molar-refractivity contribution in [3.8, 4) is 0 Å². The summed E-state index contributed by atoms with van der Waals surface area (Å²) in [5.74, 6) is 0.531. The molecule has 1 aromatic carbocycles. The highest BCUT2D eigenvalue weighted by atomic mass is 16.1. The van der Waals surface area contributed by atoms with E-state index in [1.54, 1.807) is 12.1 Å². The van der Waals surface area contributed by atoms with Crippen LogP contribution in [0.15, 0.2) is 30.3 Å². The maximum atomic E-state index is 12.0. The molecule has 3 rings (SSSR count). The molecule has 1 aliphatic rings. The summed E-state index contributed by atoms with van der Waals surface area (Å²) < 4.78 is 0. The molecule has 5 nitrogen and oxygen atoms in total. The van der Waals surface area contributed by atoms with Gasteiger partial charge in [0.05, 0.1) is 5.69 Å². The van der Waals surface area contributed by atoms with E-state index in [9.17, 15) is 4.79 Å². The summed E-state index contributed by atoms with van der Waals surface area (Å²) in [6.07, 6.45) is 0.885. The Morgan fingerprint density at radius 3 is 2.94 bits per heavy atom. The number of rotatable bonds is 2. The molecule has 0 aliphatic carbocycles. The molecule has 0 radical (unpaired) electrons. The normalized spacial score (nSPS) is 14.0. The second-order valence-electron chi connectivity index (χ2n) is 4.28. The zero-order valence-electron chi connectivity index (χ0n) is 9.86. The van der Waals surface area contributed by atoms with E-state index in [-0.39, 0.29) is 5.91 Å². The Labute approximate surface area is 105 Å². The summed E-state index contributed by atoms with van der Waals surface area (Å²) in [5.41, 5.74) is 2.81. The van der Waals surface area contributed by atoms with Gasteiger partial charge >= 0.3 is 0 Å². The first-order chi connectivity index (χ1) is 8.84. The number of fused-ring (bicyclic) bond motifs is 1. The van der Waals surface area contributed by atoms with Crippen molar-refractivity contribution < 1.29 is 4.79 Å². The monoisotopic (exact) mass is 242 g/mol. The van der Waals surface area contributed by atoms with Crippen LogP contribution in [0.3, 0.4) is 0 Å². The fourth-order valence-electron chi connectivity index (χ4n) is 2.12. The van der Waals surface area contributed by atoms with Gasteiger partial charge in [0, 0.05) is 17.7 Å². The highest BCUT2D eigenvalue weighted by Crippen LogP contribution is 2.20. The van der Waals surface area contributed by atoms with Crippen molar-refractivity contribution in [2.45, 2.75) is 13.0 Å². The molecule has 0 fully saturated rings. The summed E-state index contributed by atoms with van der Waals surface area (Å²) in [7, 11) is 0. The number of nitrogens with one attached hydrogen (secondary N) is 3. The summed E-state index contributed by atoms with van der Waals surface area (Å²) in [6.45, 7) is 1.70. The molecule has 0 saturated carbocycles. The number of H-pyrrole nitrogens is 1. The van der Waals surface area contributed by atoms with Crippen LogP contribution in [0.2, 0.25) is 0 Å². The van der Waals surface area contributed by atoms with Crippen LogP contribution in [0.1, 0.15) is 21.6 Å². The average Bonchev–Trinajstić information content (AvgIpc) is 2.83. The molecule has 3 N–H and O–H groups in total. The van der Waals surface area contributed by atoms with Crippen LogP contribution < -0.4 is 10.6 Å². The van der Waals surface area contributed by atoms with E-state index >= 15 is 0 Å². The van der Waals surface area contributed by atoms with Gasteiger partial charge in [0.2, 0.25) is 0 Å².